The zero-order valence-electron chi connectivity index (χ0n) is 13.1. The van der Waals surface area contributed by atoms with Crippen LogP contribution in [0.1, 0.15) is 5.56 Å². The van der Waals surface area contributed by atoms with E-state index in [0.717, 1.165) is 13.1 Å². The van der Waals surface area contributed by atoms with Gasteiger partial charge in [0, 0.05) is 65.7 Å². The zero-order chi connectivity index (χ0) is 16.9. The van der Waals surface area contributed by atoms with Crippen molar-refractivity contribution in [3.8, 4) is 0 Å². The van der Waals surface area contributed by atoms with E-state index in [1.807, 2.05) is 29.4 Å². The van der Waals surface area contributed by atoms with Crippen LogP contribution in [0.5, 0.6) is 0 Å². The topological polar surface area (TPSA) is 37.7 Å². The normalized spacial score (nSPS) is 15.1. The maximum absolute atomic E-state index is 12.4. The first-order valence-corrected chi connectivity index (χ1v) is 8.53. The van der Waals surface area contributed by atoms with Crippen LogP contribution in [0, 0.1) is 0 Å². The number of nitrogens with one attached hydrogen (secondary N) is 1. The Hall–Kier alpha value is -2.04. The highest BCUT2D eigenvalue weighted by molar-refractivity contribution is 6.37. The molecule has 1 fully saturated rings. The lowest BCUT2D eigenvalue weighted by atomic mass is 10.2. The van der Waals surface area contributed by atoms with Crippen molar-refractivity contribution >= 4 is 40.9 Å². The van der Waals surface area contributed by atoms with Crippen LogP contribution in [0.3, 0.4) is 0 Å². The van der Waals surface area contributed by atoms with E-state index >= 15 is 0 Å². The van der Waals surface area contributed by atoms with Crippen LogP contribution in [0.15, 0.2) is 48.8 Å². The fourth-order valence-electron chi connectivity index (χ4n) is 2.70. The van der Waals surface area contributed by atoms with Gasteiger partial charge in [-0.2, -0.15) is 0 Å². The number of rotatable bonds is 3. The van der Waals surface area contributed by atoms with Gasteiger partial charge in [0.25, 0.3) is 0 Å². The Labute approximate surface area is 151 Å². The average Bonchev–Trinajstić information content (AvgIpc) is 2.62. The molecule has 1 saturated heterocycles. The molecule has 124 valence electrons. The van der Waals surface area contributed by atoms with E-state index in [1.54, 1.807) is 30.4 Å². The molecular weight excluding hydrogens is 345 g/mol. The van der Waals surface area contributed by atoms with E-state index in [-0.39, 0.29) is 5.91 Å². The van der Waals surface area contributed by atoms with Crippen LogP contribution < -0.4 is 9.88 Å². The molecule has 0 aliphatic carbocycles. The summed E-state index contributed by atoms with van der Waals surface area (Å²) < 4.78 is 0. The molecule has 0 saturated carbocycles. The second-order valence-electron chi connectivity index (χ2n) is 5.54. The highest BCUT2D eigenvalue weighted by atomic mass is 35.5. The maximum Gasteiger partial charge on any atom is 0.246 e. The van der Waals surface area contributed by atoms with Gasteiger partial charge in [-0.25, -0.2) is 4.98 Å². The number of H-pyrrole nitrogens is 1. The van der Waals surface area contributed by atoms with Gasteiger partial charge in [0.15, 0.2) is 12.4 Å². The van der Waals surface area contributed by atoms with Gasteiger partial charge in [0.1, 0.15) is 0 Å². The summed E-state index contributed by atoms with van der Waals surface area (Å²) in [6, 6.07) is 9.37. The van der Waals surface area contributed by atoms with Gasteiger partial charge in [-0.1, -0.05) is 29.3 Å². The van der Waals surface area contributed by atoms with Crippen LogP contribution in [0.4, 0.5) is 5.69 Å². The minimum Gasteiger partial charge on any atom is -0.368 e. The van der Waals surface area contributed by atoms with Gasteiger partial charge in [-0.05, 0) is 18.2 Å². The first-order chi connectivity index (χ1) is 11.6. The van der Waals surface area contributed by atoms with Crippen molar-refractivity contribution in [3.63, 3.8) is 0 Å². The molecule has 4 nitrogen and oxygen atoms in total. The standard InChI is InChI=1S/C18H17Cl2N3O/c19-16-2-1-3-17(20)15(16)4-5-18(24)23-12-10-22(11-13-23)14-6-8-21-9-7-14/h1-9H,10-13H2/p+1/b5-4+. The van der Waals surface area contributed by atoms with Crippen LogP contribution in [-0.2, 0) is 4.79 Å². The van der Waals surface area contributed by atoms with Crippen molar-refractivity contribution in [3.05, 3.63) is 64.4 Å². The lowest BCUT2D eigenvalue weighted by molar-refractivity contribution is -0.377. The molecule has 1 aliphatic heterocycles. The predicted octanol–water partition coefficient (Wildman–Crippen LogP) is 3.17. The van der Waals surface area contributed by atoms with E-state index in [4.69, 9.17) is 23.2 Å². The SMILES string of the molecule is O=C(/C=C/c1c(Cl)cccc1Cl)N1CCN(c2cc[nH+]cc2)CC1. The summed E-state index contributed by atoms with van der Waals surface area (Å²) in [5.74, 6) is -0.0213. The molecule has 0 bridgehead atoms. The third-order valence-corrected chi connectivity index (χ3v) is 4.71. The zero-order valence-corrected chi connectivity index (χ0v) is 14.6. The summed E-state index contributed by atoms with van der Waals surface area (Å²) in [4.78, 5) is 19.5. The number of benzene rings is 1. The lowest BCUT2D eigenvalue weighted by Crippen LogP contribution is -2.48. The molecule has 2 aromatic rings. The maximum atomic E-state index is 12.4. The summed E-state index contributed by atoms with van der Waals surface area (Å²) in [5.41, 5.74) is 1.84. The van der Waals surface area contributed by atoms with Crippen molar-refractivity contribution in [1.29, 1.82) is 0 Å². The number of aromatic amines is 1. The highest BCUT2D eigenvalue weighted by Gasteiger charge is 2.20. The van der Waals surface area contributed by atoms with Crippen LogP contribution in [-0.4, -0.2) is 37.0 Å². The molecule has 0 radical (unpaired) electrons. The van der Waals surface area contributed by atoms with Gasteiger partial charge >= 0.3 is 0 Å². The van der Waals surface area contributed by atoms with E-state index < -0.39 is 0 Å². The first kappa shape index (κ1) is 16.8. The van der Waals surface area contributed by atoms with Crippen LogP contribution >= 0.6 is 23.2 Å². The highest BCUT2D eigenvalue weighted by Crippen LogP contribution is 2.25. The Bertz CT molecular complexity index is 721. The number of piperazine rings is 1. The number of amides is 1. The van der Waals surface area contributed by atoms with Gasteiger partial charge in [0.2, 0.25) is 5.91 Å². The van der Waals surface area contributed by atoms with E-state index in [2.05, 4.69) is 9.88 Å². The quantitative estimate of drug-likeness (QED) is 0.786. The molecule has 1 aromatic carbocycles. The Morgan fingerprint density at radius 2 is 1.62 bits per heavy atom. The molecule has 1 aliphatic rings. The number of carbonyl (C=O) groups is 1. The smallest absolute Gasteiger partial charge is 0.246 e. The van der Waals surface area contributed by atoms with Gasteiger partial charge < -0.3 is 9.80 Å². The summed E-state index contributed by atoms with van der Waals surface area (Å²) in [5, 5.41) is 1.08. The molecule has 1 amide bonds. The van der Waals surface area contributed by atoms with E-state index in [0.29, 0.717) is 28.7 Å². The molecule has 0 unspecified atom stereocenters. The molecule has 6 heteroatoms. The molecule has 0 atom stereocenters. The Kier molecular flexibility index (Phi) is 5.38. The third kappa shape index (κ3) is 3.89. The van der Waals surface area contributed by atoms with Gasteiger partial charge in [0.05, 0.1) is 0 Å². The number of anilines is 1. The number of aromatic nitrogens is 1. The average molecular weight is 363 g/mol. The number of halogens is 2. The van der Waals surface area contributed by atoms with Gasteiger partial charge in [-0.3, -0.25) is 4.79 Å². The van der Waals surface area contributed by atoms with Crippen molar-refractivity contribution in [2.75, 3.05) is 31.1 Å². The summed E-state index contributed by atoms with van der Waals surface area (Å²) in [6.45, 7) is 3.02. The summed E-state index contributed by atoms with van der Waals surface area (Å²) >= 11 is 12.2. The first-order valence-electron chi connectivity index (χ1n) is 7.77. The monoisotopic (exact) mass is 362 g/mol. The second kappa shape index (κ2) is 7.69. The molecule has 1 aromatic heterocycles. The fraction of sp³-hybridized carbons (Fsp3) is 0.222. The van der Waals surface area contributed by atoms with Crippen molar-refractivity contribution in [2.45, 2.75) is 0 Å². The summed E-state index contributed by atoms with van der Waals surface area (Å²) in [6.07, 6.45) is 7.04. The van der Waals surface area contributed by atoms with Crippen molar-refractivity contribution < 1.29 is 9.78 Å². The molecule has 2 heterocycles. The van der Waals surface area contributed by atoms with E-state index in [9.17, 15) is 4.79 Å². The van der Waals surface area contributed by atoms with Crippen LogP contribution in [0.2, 0.25) is 10.0 Å². The molecule has 0 spiro atoms. The Morgan fingerprint density at radius 3 is 2.25 bits per heavy atom. The van der Waals surface area contributed by atoms with Gasteiger partial charge in [-0.15, -0.1) is 0 Å². The van der Waals surface area contributed by atoms with Crippen LogP contribution in [0.25, 0.3) is 6.08 Å². The predicted molar refractivity (Wildman–Crippen MR) is 97.3 cm³/mol. The number of hydrogen-bond donors (Lipinski definition) is 0. The fourth-order valence-corrected chi connectivity index (χ4v) is 3.23. The number of pyridine rings is 1. The Balaban J connectivity index is 1.60. The molecule has 24 heavy (non-hydrogen) atoms. The number of hydrogen-bond acceptors (Lipinski definition) is 2. The largest absolute Gasteiger partial charge is 0.368 e. The summed E-state index contributed by atoms with van der Waals surface area (Å²) in [7, 11) is 0. The molecular formula is C18H18Cl2N3O+. The minimum absolute atomic E-state index is 0.0213. The third-order valence-electron chi connectivity index (χ3n) is 4.05. The lowest BCUT2D eigenvalue weighted by Gasteiger charge is -2.35. The number of carbonyl (C=O) groups excluding carboxylic acids is 1. The Morgan fingerprint density at radius 1 is 1.00 bits per heavy atom. The van der Waals surface area contributed by atoms with Crippen molar-refractivity contribution in [2.24, 2.45) is 0 Å². The molecule has 1 N–H and O–H groups in total. The number of nitrogens with zero attached hydrogens (tertiary/aromatic N) is 2. The minimum atomic E-state index is -0.0213. The molecule has 3 rings (SSSR count). The second-order valence-corrected chi connectivity index (χ2v) is 6.35. The van der Waals surface area contributed by atoms with E-state index in [1.165, 1.54) is 5.69 Å². The van der Waals surface area contributed by atoms with Crippen molar-refractivity contribution in [1.82, 2.24) is 4.90 Å².